The Morgan fingerprint density at radius 2 is 1.49 bits per heavy atom. The number of amides is 1. The molecule has 3 heterocycles. The number of nitrogens with zero attached hydrogens (tertiary/aromatic N) is 2. The topological polar surface area (TPSA) is 37.3 Å². The van der Waals surface area contributed by atoms with Crippen molar-refractivity contribution in [1.82, 2.24) is 9.47 Å². The normalized spacial score (nSPS) is 21.4. The fraction of sp³-hybridized carbons (Fsp3) is 0.364. The summed E-state index contributed by atoms with van der Waals surface area (Å²) in [5, 5.41) is 4.08. The van der Waals surface area contributed by atoms with E-state index in [4.69, 9.17) is 0 Å². The quantitative estimate of drug-likeness (QED) is 0.270. The van der Waals surface area contributed by atoms with E-state index in [1.165, 1.54) is 44.1 Å². The minimum Gasteiger partial charge on any atom is -0.347 e. The van der Waals surface area contributed by atoms with Crippen LogP contribution in [0.3, 0.4) is 0 Å². The van der Waals surface area contributed by atoms with E-state index in [1.807, 2.05) is 42.6 Å². The predicted molar refractivity (Wildman–Crippen MR) is 152 cm³/mol. The summed E-state index contributed by atoms with van der Waals surface area (Å²) in [5.41, 5.74) is 4.20. The first-order chi connectivity index (χ1) is 18.2. The Bertz CT molecular complexity index is 1320. The van der Waals surface area contributed by atoms with E-state index < -0.39 is 0 Å². The Hall–Kier alpha value is -3.37. The number of piperidine rings is 1. The van der Waals surface area contributed by atoms with Crippen LogP contribution in [-0.2, 0) is 13.0 Å². The molecule has 1 aromatic heterocycles. The number of carbonyl (C=O) groups is 1. The third kappa shape index (κ3) is 5.35. The third-order valence-corrected chi connectivity index (χ3v) is 8.55. The second-order valence-corrected chi connectivity index (χ2v) is 10.9. The maximum absolute atomic E-state index is 13.1. The molecule has 2 aliphatic heterocycles. The lowest BCUT2D eigenvalue weighted by atomic mass is 9.86. The van der Waals surface area contributed by atoms with Gasteiger partial charge in [0.2, 0.25) is 0 Å². The van der Waals surface area contributed by atoms with E-state index in [0.717, 1.165) is 59.7 Å². The zero-order valence-corrected chi connectivity index (χ0v) is 21.6. The molecule has 190 valence electrons. The second kappa shape index (κ2) is 10.9. The average Bonchev–Trinajstić information content (AvgIpc) is 3.42. The first kappa shape index (κ1) is 24.0. The molecule has 0 aliphatic carbocycles. The van der Waals surface area contributed by atoms with Gasteiger partial charge < -0.3 is 9.88 Å². The first-order valence-corrected chi connectivity index (χ1v) is 14.0. The number of para-hydroxylation sites is 2. The van der Waals surface area contributed by atoms with Gasteiger partial charge in [0.25, 0.3) is 5.91 Å². The number of hydrogen-bond donors (Lipinski definition) is 1. The number of benzene rings is 3. The van der Waals surface area contributed by atoms with Crippen LogP contribution in [0.1, 0.15) is 54.4 Å². The summed E-state index contributed by atoms with van der Waals surface area (Å²) in [6.07, 6.45) is 11.2. The Morgan fingerprint density at radius 1 is 0.811 bits per heavy atom. The lowest BCUT2D eigenvalue weighted by molar-refractivity contribution is 0.0978. The van der Waals surface area contributed by atoms with E-state index in [-0.39, 0.29) is 5.91 Å². The van der Waals surface area contributed by atoms with Crippen LogP contribution in [0.25, 0.3) is 10.9 Å². The molecule has 6 rings (SSSR count). The molecule has 1 amide bonds. The Kier molecular flexibility index (Phi) is 7.09. The van der Waals surface area contributed by atoms with Crippen molar-refractivity contribution in [2.75, 3.05) is 11.9 Å². The molecule has 2 atom stereocenters. The molecule has 2 saturated heterocycles. The van der Waals surface area contributed by atoms with Crippen LogP contribution in [0.5, 0.6) is 0 Å². The van der Waals surface area contributed by atoms with Gasteiger partial charge in [0.05, 0.1) is 5.56 Å². The summed E-state index contributed by atoms with van der Waals surface area (Å²) in [5.74, 6) is 0.824. The van der Waals surface area contributed by atoms with E-state index in [2.05, 4.69) is 63.3 Å². The summed E-state index contributed by atoms with van der Waals surface area (Å²) >= 11 is 0. The van der Waals surface area contributed by atoms with Gasteiger partial charge in [-0.15, -0.1) is 0 Å². The standard InChI is InChI=1S/C33H37N3O/c37-33(34-27-12-5-2-6-13-27)31-24-35(32-15-8-7-14-30(31)32)20-9-21-36-28-18-19-29(36)23-26(22-28)17-16-25-10-3-1-4-11-25/h1-8,10-15,24,26,28-29H,9,16-23H2,(H,34,37). The van der Waals surface area contributed by atoms with Gasteiger partial charge in [-0.25, -0.2) is 0 Å². The van der Waals surface area contributed by atoms with Crippen molar-refractivity contribution < 1.29 is 4.79 Å². The highest BCUT2D eigenvalue weighted by Crippen LogP contribution is 2.40. The third-order valence-electron chi connectivity index (χ3n) is 8.55. The Balaban J connectivity index is 1.06. The molecule has 4 heteroatoms. The fourth-order valence-electron chi connectivity index (χ4n) is 6.76. The molecule has 37 heavy (non-hydrogen) atoms. The molecule has 4 aromatic rings. The number of nitrogens with one attached hydrogen (secondary N) is 1. The van der Waals surface area contributed by atoms with Crippen LogP contribution < -0.4 is 5.32 Å². The number of aryl methyl sites for hydroxylation is 2. The maximum atomic E-state index is 13.1. The molecule has 3 aromatic carbocycles. The molecule has 0 spiro atoms. The summed E-state index contributed by atoms with van der Waals surface area (Å²) in [6, 6.07) is 30.5. The van der Waals surface area contributed by atoms with E-state index in [9.17, 15) is 4.79 Å². The second-order valence-electron chi connectivity index (χ2n) is 10.9. The Labute approximate surface area is 220 Å². The van der Waals surface area contributed by atoms with Crippen molar-refractivity contribution in [2.45, 2.75) is 63.6 Å². The molecule has 4 nitrogen and oxygen atoms in total. The Morgan fingerprint density at radius 3 is 2.24 bits per heavy atom. The van der Waals surface area contributed by atoms with Crippen LogP contribution in [0, 0.1) is 5.92 Å². The number of rotatable bonds is 9. The SMILES string of the molecule is O=C(Nc1ccccc1)c1cn(CCCN2C3CCC2CC(CCc2ccccc2)C3)c2ccccc12. The van der Waals surface area contributed by atoms with Gasteiger partial charge in [-0.2, -0.15) is 0 Å². The number of fused-ring (bicyclic) bond motifs is 3. The smallest absolute Gasteiger partial charge is 0.257 e. The number of aromatic nitrogens is 1. The van der Waals surface area contributed by atoms with Crippen molar-refractivity contribution in [3.05, 3.63) is 102 Å². The van der Waals surface area contributed by atoms with Crippen LogP contribution >= 0.6 is 0 Å². The van der Waals surface area contributed by atoms with Gasteiger partial charge in [-0.05, 0) is 74.6 Å². The van der Waals surface area contributed by atoms with Gasteiger partial charge in [-0.1, -0.05) is 66.7 Å². The summed E-state index contributed by atoms with van der Waals surface area (Å²) in [4.78, 5) is 15.9. The molecule has 2 bridgehead atoms. The summed E-state index contributed by atoms with van der Waals surface area (Å²) < 4.78 is 2.28. The number of hydrogen-bond acceptors (Lipinski definition) is 2. The number of anilines is 1. The monoisotopic (exact) mass is 491 g/mol. The molecular weight excluding hydrogens is 454 g/mol. The zero-order valence-electron chi connectivity index (χ0n) is 21.6. The number of carbonyl (C=O) groups excluding carboxylic acids is 1. The maximum Gasteiger partial charge on any atom is 0.257 e. The minimum absolute atomic E-state index is 0.0447. The van der Waals surface area contributed by atoms with Gasteiger partial charge in [0.15, 0.2) is 0 Å². The van der Waals surface area contributed by atoms with Crippen molar-refractivity contribution in [3.63, 3.8) is 0 Å². The highest BCUT2D eigenvalue weighted by molar-refractivity contribution is 6.13. The van der Waals surface area contributed by atoms with Crippen LogP contribution in [0.2, 0.25) is 0 Å². The molecule has 2 aliphatic rings. The lowest BCUT2D eigenvalue weighted by Crippen LogP contribution is -2.43. The van der Waals surface area contributed by atoms with Crippen LogP contribution in [0.4, 0.5) is 5.69 Å². The van der Waals surface area contributed by atoms with Gasteiger partial charge in [-0.3, -0.25) is 9.69 Å². The summed E-state index contributed by atoms with van der Waals surface area (Å²) in [6.45, 7) is 2.09. The van der Waals surface area contributed by atoms with Gasteiger partial charge in [0, 0.05) is 48.0 Å². The molecule has 0 saturated carbocycles. The minimum atomic E-state index is -0.0447. The van der Waals surface area contributed by atoms with E-state index in [0.29, 0.717) is 0 Å². The van der Waals surface area contributed by atoms with Crippen LogP contribution in [0.15, 0.2) is 91.1 Å². The van der Waals surface area contributed by atoms with Crippen molar-refractivity contribution in [1.29, 1.82) is 0 Å². The largest absolute Gasteiger partial charge is 0.347 e. The molecular formula is C33H37N3O. The highest BCUT2D eigenvalue weighted by atomic mass is 16.1. The van der Waals surface area contributed by atoms with Gasteiger partial charge in [0.1, 0.15) is 0 Å². The molecule has 0 radical (unpaired) electrons. The van der Waals surface area contributed by atoms with Crippen LogP contribution in [-0.4, -0.2) is 34.0 Å². The lowest BCUT2D eigenvalue weighted by Gasteiger charge is -2.39. The molecule has 2 unspecified atom stereocenters. The molecule has 1 N–H and O–H groups in total. The van der Waals surface area contributed by atoms with Gasteiger partial charge >= 0.3 is 0 Å². The molecule has 2 fully saturated rings. The van der Waals surface area contributed by atoms with E-state index >= 15 is 0 Å². The van der Waals surface area contributed by atoms with Crippen molar-refractivity contribution in [3.8, 4) is 0 Å². The van der Waals surface area contributed by atoms with Crippen molar-refractivity contribution in [2.24, 2.45) is 5.92 Å². The first-order valence-electron chi connectivity index (χ1n) is 14.0. The summed E-state index contributed by atoms with van der Waals surface area (Å²) in [7, 11) is 0. The fourth-order valence-corrected chi connectivity index (χ4v) is 6.76. The zero-order chi connectivity index (χ0) is 25.0. The van der Waals surface area contributed by atoms with Crippen molar-refractivity contribution >= 4 is 22.5 Å². The highest BCUT2D eigenvalue weighted by Gasteiger charge is 2.39. The average molecular weight is 492 g/mol. The van der Waals surface area contributed by atoms with E-state index in [1.54, 1.807) is 0 Å². The predicted octanol–water partition coefficient (Wildman–Crippen LogP) is 7.16.